The average Bonchev–Trinajstić information content (AvgIpc) is 3.42. The Morgan fingerprint density at radius 2 is 1.81 bits per heavy atom. The van der Waals surface area contributed by atoms with Gasteiger partial charge in [0.1, 0.15) is 5.75 Å². The predicted octanol–water partition coefficient (Wildman–Crippen LogP) is 6.69. The van der Waals surface area contributed by atoms with Gasteiger partial charge >= 0.3 is 0 Å². The van der Waals surface area contributed by atoms with Crippen molar-refractivity contribution in [2.45, 2.75) is 13.0 Å². The zero-order valence-electron chi connectivity index (χ0n) is 22.9. The number of amides is 1. The zero-order chi connectivity index (χ0) is 29.3. The lowest BCUT2D eigenvalue weighted by Crippen LogP contribution is -2.35. The monoisotopic (exact) mass is 600 g/mol. The van der Waals surface area contributed by atoms with Gasteiger partial charge in [-0.05, 0) is 47.1 Å². The SMILES string of the molecule is COCCNCc1ccccc1-c1cc2nccc(Oc3ccc(NC(=S)NC(=O)Cc4ccccc4)cc3F)c2s1. The summed E-state index contributed by atoms with van der Waals surface area (Å²) in [4.78, 5) is 17.8. The second-order valence-electron chi connectivity index (χ2n) is 9.37. The van der Waals surface area contributed by atoms with Crippen molar-refractivity contribution in [3.63, 3.8) is 0 Å². The number of pyridine rings is 1. The molecule has 0 aliphatic carbocycles. The molecule has 5 aromatic rings. The van der Waals surface area contributed by atoms with Crippen LogP contribution in [0.5, 0.6) is 11.5 Å². The molecule has 0 aliphatic heterocycles. The number of benzene rings is 3. The number of halogens is 1. The number of carbonyl (C=O) groups excluding carboxylic acids is 1. The number of hydrogen-bond acceptors (Lipinski definition) is 7. The zero-order valence-corrected chi connectivity index (χ0v) is 24.5. The molecule has 0 saturated heterocycles. The van der Waals surface area contributed by atoms with Crippen LogP contribution in [0, 0.1) is 5.82 Å². The summed E-state index contributed by atoms with van der Waals surface area (Å²) in [7, 11) is 1.68. The van der Waals surface area contributed by atoms with Gasteiger partial charge in [-0.25, -0.2) is 4.39 Å². The quantitative estimate of drug-likeness (QED) is 0.115. The standard InChI is InChI=1S/C32H29FN4O3S2/c1-39-16-15-34-20-22-9-5-6-10-24(22)29-19-26-31(42-29)28(13-14-35-26)40-27-12-11-23(18-25(27)33)36-32(41)37-30(38)17-21-7-3-2-4-8-21/h2-14,18-19,34H,15-17,20H2,1H3,(H2,36,37,38,41). The summed E-state index contributed by atoms with van der Waals surface area (Å²) in [6.45, 7) is 2.10. The van der Waals surface area contributed by atoms with Crippen LogP contribution in [0.3, 0.4) is 0 Å². The number of thiocarbonyl (C=S) groups is 1. The highest BCUT2D eigenvalue weighted by Crippen LogP contribution is 2.40. The van der Waals surface area contributed by atoms with E-state index in [4.69, 9.17) is 21.7 Å². The number of thiophene rings is 1. The van der Waals surface area contributed by atoms with Crippen LogP contribution >= 0.6 is 23.6 Å². The normalized spacial score (nSPS) is 10.9. The fourth-order valence-electron chi connectivity index (χ4n) is 4.33. The van der Waals surface area contributed by atoms with E-state index in [1.54, 1.807) is 36.8 Å². The number of fused-ring (bicyclic) bond motifs is 1. The van der Waals surface area contributed by atoms with Crippen LogP contribution in [0.15, 0.2) is 91.1 Å². The fraction of sp³-hybridized carbons (Fsp3) is 0.156. The summed E-state index contributed by atoms with van der Waals surface area (Å²) in [5.41, 5.74) is 4.28. The molecule has 0 unspecified atom stereocenters. The van der Waals surface area contributed by atoms with Crippen LogP contribution in [0.4, 0.5) is 10.1 Å². The Bertz CT molecular complexity index is 1690. The van der Waals surface area contributed by atoms with Crippen LogP contribution in [0.25, 0.3) is 20.7 Å². The lowest BCUT2D eigenvalue weighted by atomic mass is 10.1. The van der Waals surface area contributed by atoms with Gasteiger partial charge in [0, 0.05) is 49.1 Å². The highest BCUT2D eigenvalue weighted by molar-refractivity contribution is 7.80. The molecule has 1 amide bonds. The number of hydrogen-bond donors (Lipinski definition) is 3. The number of aromatic nitrogens is 1. The lowest BCUT2D eigenvalue weighted by molar-refractivity contribution is -0.119. The number of carbonyl (C=O) groups is 1. The van der Waals surface area contributed by atoms with E-state index in [1.165, 1.54) is 12.1 Å². The van der Waals surface area contributed by atoms with Gasteiger partial charge in [0.25, 0.3) is 0 Å². The van der Waals surface area contributed by atoms with Crippen molar-refractivity contribution in [1.29, 1.82) is 0 Å². The first-order chi connectivity index (χ1) is 20.5. The van der Waals surface area contributed by atoms with Crippen molar-refractivity contribution < 1.29 is 18.7 Å². The Kier molecular flexibility index (Phi) is 9.83. The number of rotatable bonds is 11. The molecule has 0 saturated carbocycles. The van der Waals surface area contributed by atoms with Gasteiger partial charge < -0.3 is 25.4 Å². The van der Waals surface area contributed by atoms with Gasteiger partial charge in [-0.1, -0.05) is 54.6 Å². The molecule has 2 heterocycles. The van der Waals surface area contributed by atoms with Crippen LogP contribution in [-0.4, -0.2) is 36.3 Å². The van der Waals surface area contributed by atoms with Crippen molar-refractivity contribution in [3.8, 4) is 21.9 Å². The summed E-state index contributed by atoms with van der Waals surface area (Å²) >= 11 is 6.78. The highest BCUT2D eigenvalue weighted by atomic mass is 32.1. The molecule has 0 aliphatic rings. The van der Waals surface area contributed by atoms with E-state index >= 15 is 4.39 Å². The summed E-state index contributed by atoms with van der Waals surface area (Å²) in [6.07, 6.45) is 1.84. The second-order valence-corrected chi connectivity index (χ2v) is 10.8. The number of nitrogens with one attached hydrogen (secondary N) is 3. The molecular formula is C32H29FN4O3S2. The molecule has 0 atom stereocenters. The molecule has 10 heteroatoms. The molecule has 42 heavy (non-hydrogen) atoms. The maximum Gasteiger partial charge on any atom is 0.230 e. The van der Waals surface area contributed by atoms with E-state index in [9.17, 15) is 4.79 Å². The van der Waals surface area contributed by atoms with Gasteiger partial charge in [0.05, 0.1) is 23.2 Å². The molecule has 7 nitrogen and oxygen atoms in total. The van der Waals surface area contributed by atoms with Crippen molar-refractivity contribution in [1.82, 2.24) is 15.6 Å². The van der Waals surface area contributed by atoms with Gasteiger partial charge in [-0.2, -0.15) is 0 Å². The minimum atomic E-state index is -0.576. The third-order valence-corrected chi connectivity index (χ3v) is 7.70. The third kappa shape index (κ3) is 7.54. The van der Waals surface area contributed by atoms with Gasteiger partial charge in [-0.15, -0.1) is 11.3 Å². The molecule has 2 aromatic heterocycles. The minimum Gasteiger partial charge on any atom is -0.453 e. The second kappa shape index (κ2) is 14.1. The summed E-state index contributed by atoms with van der Waals surface area (Å²) in [5.74, 6) is -0.270. The number of anilines is 1. The van der Waals surface area contributed by atoms with E-state index in [0.717, 1.165) is 38.3 Å². The lowest BCUT2D eigenvalue weighted by Gasteiger charge is -2.12. The smallest absolute Gasteiger partial charge is 0.230 e. The topological polar surface area (TPSA) is 84.5 Å². The molecular weight excluding hydrogens is 572 g/mol. The minimum absolute atomic E-state index is 0.0600. The van der Waals surface area contributed by atoms with Crippen molar-refractivity contribution in [2.75, 3.05) is 25.6 Å². The van der Waals surface area contributed by atoms with Gasteiger partial charge in [0.15, 0.2) is 16.7 Å². The summed E-state index contributed by atoms with van der Waals surface area (Å²) in [6, 6.07) is 25.7. The van der Waals surface area contributed by atoms with Crippen molar-refractivity contribution >= 4 is 50.5 Å². The predicted molar refractivity (Wildman–Crippen MR) is 170 cm³/mol. The Morgan fingerprint density at radius 1 is 1.00 bits per heavy atom. The first-order valence-electron chi connectivity index (χ1n) is 13.3. The number of nitrogens with zero attached hydrogens (tertiary/aromatic N) is 1. The van der Waals surface area contributed by atoms with Gasteiger partial charge in [-0.3, -0.25) is 9.78 Å². The van der Waals surface area contributed by atoms with Crippen molar-refractivity contribution in [3.05, 3.63) is 108 Å². The number of methoxy groups -OCH3 is 1. The summed E-state index contributed by atoms with van der Waals surface area (Å²) < 4.78 is 27.1. The van der Waals surface area contributed by atoms with E-state index in [-0.39, 0.29) is 23.2 Å². The maximum absolute atomic E-state index is 15.1. The van der Waals surface area contributed by atoms with Gasteiger partial charge in [0.2, 0.25) is 5.91 Å². The molecule has 3 aromatic carbocycles. The number of ether oxygens (including phenoxy) is 2. The Hall–Kier alpha value is -4.22. The van der Waals surface area contributed by atoms with Crippen LogP contribution in [0.2, 0.25) is 0 Å². The van der Waals surface area contributed by atoms with E-state index in [1.807, 2.05) is 48.5 Å². The Morgan fingerprint density at radius 3 is 2.62 bits per heavy atom. The first-order valence-corrected chi connectivity index (χ1v) is 14.5. The third-order valence-electron chi connectivity index (χ3n) is 6.33. The van der Waals surface area contributed by atoms with E-state index in [2.05, 4.69) is 33.1 Å². The average molecular weight is 601 g/mol. The van der Waals surface area contributed by atoms with Crippen LogP contribution in [0.1, 0.15) is 11.1 Å². The van der Waals surface area contributed by atoms with Crippen LogP contribution in [-0.2, 0) is 22.5 Å². The Balaban J connectivity index is 1.27. The first kappa shape index (κ1) is 29.3. The molecule has 0 spiro atoms. The van der Waals surface area contributed by atoms with Crippen LogP contribution < -0.4 is 20.7 Å². The van der Waals surface area contributed by atoms with E-state index < -0.39 is 5.82 Å². The largest absolute Gasteiger partial charge is 0.453 e. The molecule has 0 bridgehead atoms. The fourth-order valence-corrected chi connectivity index (χ4v) is 5.69. The highest BCUT2D eigenvalue weighted by Gasteiger charge is 2.15. The summed E-state index contributed by atoms with van der Waals surface area (Å²) in [5, 5.41) is 8.95. The molecule has 0 fully saturated rings. The maximum atomic E-state index is 15.1. The van der Waals surface area contributed by atoms with E-state index in [0.29, 0.717) is 24.6 Å². The molecule has 214 valence electrons. The van der Waals surface area contributed by atoms with Crippen molar-refractivity contribution in [2.24, 2.45) is 0 Å². The molecule has 3 N–H and O–H groups in total. The Labute approximate surface area is 252 Å². The molecule has 5 rings (SSSR count). The molecule has 0 radical (unpaired) electrons.